The van der Waals surface area contributed by atoms with Gasteiger partial charge in [0.1, 0.15) is 11.6 Å². The van der Waals surface area contributed by atoms with E-state index in [0.29, 0.717) is 5.69 Å². The summed E-state index contributed by atoms with van der Waals surface area (Å²) in [5.41, 5.74) is 1.26. The fourth-order valence-corrected chi connectivity index (χ4v) is 2.21. The quantitative estimate of drug-likeness (QED) is 0.903. The van der Waals surface area contributed by atoms with Crippen molar-refractivity contribution in [2.45, 2.75) is 13.8 Å². The third-order valence-corrected chi connectivity index (χ3v) is 3.43. The van der Waals surface area contributed by atoms with Gasteiger partial charge in [0.25, 0.3) is 5.91 Å². The fourth-order valence-electron chi connectivity index (χ4n) is 2.21. The Labute approximate surface area is 128 Å². The SMILES string of the molecule is CCN(CC)c1ccc(NC(=O)c2cc(F)ccc2F)cc1. The Kier molecular flexibility index (Phi) is 5.09. The first kappa shape index (κ1) is 15.9. The van der Waals surface area contributed by atoms with Gasteiger partial charge in [-0.3, -0.25) is 4.79 Å². The molecule has 0 aromatic heterocycles. The molecule has 116 valence electrons. The van der Waals surface area contributed by atoms with Gasteiger partial charge in [-0.25, -0.2) is 8.78 Å². The van der Waals surface area contributed by atoms with Crippen LogP contribution in [0.5, 0.6) is 0 Å². The minimum atomic E-state index is -0.751. The molecule has 2 aromatic rings. The van der Waals surface area contributed by atoms with Gasteiger partial charge in [0, 0.05) is 24.5 Å². The number of halogens is 2. The van der Waals surface area contributed by atoms with E-state index in [1.165, 1.54) is 0 Å². The van der Waals surface area contributed by atoms with Crippen molar-refractivity contribution in [3.05, 3.63) is 59.7 Å². The number of nitrogens with one attached hydrogen (secondary N) is 1. The van der Waals surface area contributed by atoms with Crippen LogP contribution in [-0.2, 0) is 0 Å². The molecule has 0 aliphatic carbocycles. The van der Waals surface area contributed by atoms with Gasteiger partial charge in [-0.1, -0.05) is 0 Å². The lowest BCUT2D eigenvalue weighted by atomic mass is 10.2. The van der Waals surface area contributed by atoms with Gasteiger partial charge >= 0.3 is 0 Å². The van der Waals surface area contributed by atoms with Crippen molar-refractivity contribution >= 4 is 17.3 Å². The average Bonchev–Trinajstić information content (AvgIpc) is 2.52. The summed E-state index contributed by atoms with van der Waals surface area (Å²) >= 11 is 0. The molecule has 0 atom stereocenters. The number of hydrogen-bond acceptors (Lipinski definition) is 2. The Hall–Kier alpha value is -2.43. The molecule has 0 aliphatic heterocycles. The molecule has 0 aliphatic rings. The molecule has 22 heavy (non-hydrogen) atoms. The molecule has 2 aromatic carbocycles. The summed E-state index contributed by atoms with van der Waals surface area (Å²) in [5.74, 6) is -2.07. The van der Waals surface area contributed by atoms with E-state index in [0.717, 1.165) is 37.0 Å². The number of amides is 1. The second kappa shape index (κ2) is 7.02. The lowest BCUT2D eigenvalue weighted by Gasteiger charge is -2.21. The highest BCUT2D eigenvalue weighted by atomic mass is 19.1. The van der Waals surface area contributed by atoms with Crippen molar-refractivity contribution in [1.29, 1.82) is 0 Å². The Morgan fingerprint density at radius 2 is 1.68 bits per heavy atom. The molecule has 0 saturated carbocycles. The predicted octanol–water partition coefficient (Wildman–Crippen LogP) is 4.06. The first-order chi connectivity index (χ1) is 10.5. The van der Waals surface area contributed by atoms with E-state index in [1.807, 2.05) is 12.1 Å². The van der Waals surface area contributed by atoms with E-state index in [4.69, 9.17) is 0 Å². The minimum Gasteiger partial charge on any atom is -0.372 e. The molecule has 1 N–H and O–H groups in total. The van der Waals surface area contributed by atoms with Gasteiger partial charge in [-0.2, -0.15) is 0 Å². The molecule has 0 unspecified atom stereocenters. The van der Waals surface area contributed by atoms with Crippen molar-refractivity contribution < 1.29 is 13.6 Å². The zero-order valence-corrected chi connectivity index (χ0v) is 12.6. The van der Waals surface area contributed by atoms with Crippen LogP contribution >= 0.6 is 0 Å². The van der Waals surface area contributed by atoms with Crippen LogP contribution in [0.4, 0.5) is 20.2 Å². The summed E-state index contributed by atoms with van der Waals surface area (Å²) in [6, 6.07) is 10.0. The van der Waals surface area contributed by atoms with E-state index >= 15 is 0 Å². The third-order valence-electron chi connectivity index (χ3n) is 3.43. The number of hydrogen-bond donors (Lipinski definition) is 1. The van der Waals surface area contributed by atoms with Gasteiger partial charge in [0.15, 0.2) is 0 Å². The highest BCUT2D eigenvalue weighted by Crippen LogP contribution is 2.19. The average molecular weight is 304 g/mol. The van der Waals surface area contributed by atoms with Gasteiger partial charge in [-0.05, 0) is 56.3 Å². The number of benzene rings is 2. The Morgan fingerprint density at radius 3 is 2.27 bits per heavy atom. The van der Waals surface area contributed by atoms with E-state index in [-0.39, 0.29) is 5.56 Å². The number of rotatable bonds is 5. The minimum absolute atomic E-state index is 0.312. The van der Waals surface area contributed by atoms with Gasteiger partial charge in [0.2, 0.25) is 0 Å². The van der Waals surface area contributed by atoms with Crippen LogP contribution in [0.15, 0.2) is 42.5 Å². The molecule has 0 bridgehead atoms. The molecule has 1 amide bonds. The van der Waals surface area contributed by atoms with Crippen LogP contribution in [0.3, 0.4) is 0 Å². The van der Waals surface area contributed by atoms with E-state index in [1.54, 1.807) is 12.1 Å². The van der Waals surface area contributed by atoms with Crippen molar-refractivity contribution in [2.75, 3.05) is 23.3 Å². The maximum atomic E-state index is 13.6. The normalized spacial score (nSPS) is 10.4. The van der Waals surface area contributed by atoms with Crippen molar-refractivity contribution in [3.8, 4) is 0 Å². The maximum Gasteiger partial charge on any atom is 0.258 e. The van der Waals surface area contributed by atoms with Crippen molar-refractivity contribution in [3.63, 3.8) is 0 Å². The smallest absolute Gasteiger partial charge is 0.258 e. The Balaban J connectivity index is 2.13. The molecule has 0 saturated heterocycles. The number of anilines is 2. The summed E-state index contributed by atoms with van der Waals surface area (Å²) in [6.07, 6.45) is 0. The van der Waals surface area contributed by atoms with Crippen LogP contribution in [-0.4, -0.2) is 19.0 Å². The van der Waals surface area contributed by atoms with Gasteiger partial charge < -0.3 is 10.2 Å². The summed E-state index contributed by atoms with van der Waals surface area (Å²) in [4.78, 5) is 14.2. The lowest BCUT2D eigenvalue weighted by Crippen LogP contribution is -2.21. The van der Waals surface area contributed by atoms with Crippen molar-refractivity contribution in [1.82, 2.24) is 0 Å². The van der Waals surface area contributed by atoms with Gasteiger partial charge in [-0.15, -0.1) is 0 Å². The van der Waals surface area contributed by atoms with Crippen molar-refractivity contribution in [2.24, 2.45) is 0 Å². The predicted molar refractivity (Wildman–Crippen MR) is 84.3 cm³/mol. The molecular formula is C17H18F2N2O. The highest BCUT2D eigenvalue weighted by Gasteiger charge is 2.13. The van der Waals surface area contributed by atoms with Crippen LogP contribution in [0.1, 0.15) is 24.2 Å². The number of carbonyl (C=O) groups is 1. The first-order valence-electron chi connectivity index (χ1n) is 7.16. The summed E-state index contributed by atoms with van der Waals surface area (Å²) in [6.45, 7) is 5.89. The maximum absolute atomic E-state index is 13.6. The molecule has 2 rings (SSSR count). The summed E-state index contributed by atoms with van der Waals surface area (Å²) in [7, 11) is 0. The molecule has 5 heteroatoms. The summed E-state index contributed by atoms with van der Waals surface area (Å²) < 4.78 is 26.7. The standard InChI is InChI=1S/C17H18F2N2O/c1-3-21(4-2)14-8-6-13(7-9-14)20-17(22)15-11-12(18)5-10-16(15)19/h5-11H,3-4H2,1-2H3,(H,20,22). The second-order valence-corrected chi connectivity index (χ2v) is 4.80. The lowest BCUT2D eigenvalue weighted by molar-refractivity contribution is 0.102. The molecule has 3 nitrogen and oxygen atoms in total. The van der Waals surface area contributed by atoms with E-state index < -0.39 is 17.5 Å². The summed E-state index contributed by atoms with van der Waals surface area (Å²) in [5, 5.41) is 2.56. The zero-order valence-electron chi connectivity index (χ0n) is 12.6. The first-order valence-corrected chi connectivity index (χ1v) is 7.16. The molecular weight excluding hydrogens is 286 g/mol. The van der Waals surface area contributed by atoms with Gasteiger partial charge in [0.05, 0.1) is 5.56 Å². The fraction of sp³-hybridized carbons (Fsp3) is 0.235. The molecule has 0 radical (unpaired) electrons. The second-order valence-electron chi connectivity index (χ2n) is 4.80. The Morgan fingerprint density at radius 1 is 1.05 bits per heavy atom. The van der Waals surface area contributed by atoms with Crippen LogP contribution in [0.25, 0.3) is 0 Å². The number of nitrogens with zero attached hydrogens (tertiary/aromatic N) is 1. The largest absolute Gasteiger partial charge is 0.372 e. The topological polar surface area (TPSA) is 32.3 Å². The van der Waals surface area contributed by atoms with Crippen LogP contribution < -0.4 is 10.2 Å². The monoisotopic (exact) mass is 304 g/mol. The van der Waals surface area contributed by atoms with Crippen LogP contribution in [0.2, 0.25) is 0 Å². The molecule has 0 fully saturated rings. The zero-order chi connectivity index (χ0) is 16.1. The van der Waals surface area contributed by atoms with E-state index in [9.17, 15) is 13.6 Å². The van der Waals surface area contributed by atoms with Crippen LogP contribution in [0, 0.1) is 11.6 Å². The highest BCUT2D eigenvalue weighted by molar-refractivity contribution is 6.04. The third kappa shape index (κ3) is 3.61. The Bertz CT molecular complexity index is 652. The molecule has 0 spiro atoms. The number of carbonyl (C=O) groups excluding carboxylic acids is 1. The van der Waals surface area contributed by atoms with E-state index in [2.05, 4.69) is 24.1 Å². The molecule has 0 heterocycles.